The van der Waals surface area contributed by atoms with E-state index in [0.29, 0.717) is 0 Å². The Bertz CT molecular complexity index is 610. The van der Waals surface area contributed by atoms with E-state index in [1.807, 2.05) is 13.8 Å². The lowest BCUT2D eigenvalue weighted by Crippen LogP contribution is -2.52. The minimum atomic E-state index is -0.445. The largest absolute Gasteiger partial charge is 0.446 e. The van der Waals surface area contributed by atoms with Crippen molar-refractivity contribution in [3.05, 3.63) is 11.6 Å². The van der Waals surface area contributed by atoms with Crippen LogP contribution in [0.3, 0.4) is 0 Å². The van der Waals surface area contributed by atoms with Crippen molar-refractivity contribution in [2.24, 2.45) is 17.8 Å². The van der Waals surface area contributed by atoms with E-state index in [1.54, 1.807) is 0 Å². The monoisotopic (exact) mass is 395 g/mol. The molecule has 3 fully saturated rings. The molecule has 1 spiro atoms. The summed E-state index contributed by atoms with van der Waals surface area (Å²) in [6.45, 7) is 13.2. The van der Waals surface area contributed by atoms with Crippen molar-refractivity contribution in [1.82, 2.24) is 5.32 Å². The fourth-order valence-corrected chi connectivity index (χ4v) is 5.04. The minimum Gasteiger partial charge on any atom is -0.446 e. The molecule has 0 radical (unpaired) electrons. The topological polar surface area (TPSA) is 83.6 Å². The van der Waals surface area contributed by atoms with Gasteiger partial charge in [0.1, 0.15) is 6.10 Å². The maximum atomic E-state index is 12.4. The number of allylic oxidation sites excluding steroid dienone is 1. The molecule has 6 heteroatoms. The maximum absolute atomic E-state index is 12.4. The van der Waals surface area contributed by atoms with Gasteiger partial charge in [0.15, 0.2) is 0 Å². The molecule has 0 aromatic carbocycles. The highest BCUT2D eigenvalue weighted by Gasteiger charge is 2.70. The summed E-state index contributed by atoms with van der Waals surface area (Å²) < 4.78 is 17.9. The zero-order valence-corrected chi connectivity index (χ0v) is 18.2. The third-order valence-electron chi connectivity index (χ3n) is 6.95. The van der Waals surface area contributed by atoms with Crippen LogP contribution in [0.1, 0.15) is 60.8 Å². The molecule has 2 heterocycles. The van der Waals surface area contributed by atoms with Crippen LogP contribution in [0.15, 0.2) is 11.6 Å². The molecule has 0 aromatic heterocycles. The van der Waals surface area contributed by atoms with E-state index in [1.165, 1.54) is 5.57 Å². The summed E-state index contributed by atoms with van der Waals surface area (Å²) in [6.07, 6.45) is 4.41. The second-order valence-corrected chi connectivity index (χ2v) is 9.66. The molecular weight excluding hydrogens is 358 g/mol. The Morgan fingerprint density at radius 2 is 2.07 bits per heavy atom. The van der Waals surface area contributed by atoms with Crippen molar-refractivity contribution >= 4 is 6.09 Å². The van der Waals surface area contributed by atoms with Gasteiger partial charge >= 0.3 is 6.09 Å². The first-order valence-electron chi connectivity index (χ1n) is 10.7. The Labute approximate surface area is 169 Å². The van der Waals surface area contributed by atoms with Gasteiger partial charge in [0.25, 0.3) is 0 Å². The summed E-state index contributed by atoms with van der Waals surface area (Å²) in [6, 6.07) is -0.293. The molecule has 3 rings (SSSR count). The van der Waals surface area contributed by atoms with Crippen molar-refractivity contribution < 1.29 is 24.1 Å². The predicted molar refractivity (Wildman–Crippen MR) is 107 cm³/mol. The van der Waals surface area contributed by atoms with Gasteiger partial charge in [-0.3, -0.25) is 0 Å². The van der Waals surface area contributed by atoms with Crippen molar-refractivity contribution in [1.29, 1.82) is 0 Å². The quantitative estimate of drug-likeness (QED) is 0.510. The highest BCUT2D eigenvalue weighted by atomic mass is 16.6. The third kappa shape index (κ3) is 4.24. The number of carbonyl (C=O) groups excluding carboxylic acids is 1. The lowest BCUT2D eigenvalue weighted by molar-refractivity contribution is -0.0435. The summed E-state index contributed by atoms with van der Waals surface area (Å²) in [5.74, 6) is 0.503. The lowest BCUT2D eigenvalue weighted by Gasteiger charge is -2.42. The lowest BCUT2D eigenvalue weighted by atomic mass is 9.64. The average Bonchev–Trinajstić information content (AvgIpc) is 3.52. The standard InChI is InChI=1S/C22H37NO5/c1-13(2)7-8-18-21(6,28-18)19-15(5)17(9-10-22(19)12-26-22)27-20(25)23-16(11-24)14(3)4/h7,14-19,24H,8-12H2,1-6H3,(H,23,25)/t15-,16+,17-,18-,19-,21+,22+/m1/s1. The number of aliphatic hydroxyl groups excluding tert-OH is 1. The van der Waals surface area contributed by atoms with E-state index < -0.39 is 6.09 Å². The highest BCUT2D eigenvalue weighted by Crippen LogP contribution is 2.60. The van der Waals surface area contributed by atoms with Crippen LogP contribution in [-0.2, 0) is 14.2 Å². The SMILES string of the molecule is CC(C)=CC[C@H]1O[C@]1(C)[C@H]1[C@H](C)[C@H](OC(=O)N[C@@H](CO)C(C)C)CC[C@]12CO2. The van der Waals surface area contributed by atoms with E-state index in [2.05, 4.69) is 39.1 Å². The van der Waals surface area contributed by atoms with Crippen molar-refractivity contribution in [3.8, 4) is 0 Å². The summed E-state index contributed by atoms with van der Waals surface area (Å²) >= 11 is 0. The third-order valence-corrected chi connectivity index (χ3v) is 6.95. The molecule has 7 atom stereocenters. The van der Waals surface area contributed by atoms with E-state index in [9.17, 15) is 9.90 Å². The fourth-order valence-electron chi connectivity index (χ4n) is 5.04. The molecule has 1 amide bonds. The van der Waals surface area contributed by atoms with Gasteiger partial charge in [-0.05, 0) is 46.0 Å². The summed E-state index contributed by atoms with van der Waals surface area (Å²) in [4.78, 5) is 12.4. The zero-order chi connectivity index (χ0) is 20.7. The molecular formula is C22H37NO5. The second kappa shape index (κ2) is 7.96. The highest BCUT2D eigenvalue weighted by molar-refractivity contribution is 5.68. The average molecular weight is 396 g/mol. The van der Waals surface area contributed by atoms with Gasteiger partial charge in [-0.25, -0.2) is 4.79 Å². The van der Waals surface area contributed by atoms with Crippen LogP contribution in [0.4, 0.5) is 4.79 Å². The minimum absolute atomic E-state index is 0.0927. The second-order valence-electron chi connectivity index (χ2n) is 9.66. The van der Waals surface area contributed by atoms with Gasteiger partial charge in [-0.1, -0.05) is 32.4 Å². The molecule has 0 aromatic rings. The van der Waals surface area contributed by atoms with Crippen LogP contribution >= 0.6 is 0 Å². The van der Waals surface area contributed by atoms with Crippen molar-refractivity contribution in [2.45, 2.75) is 90.3 Å². The van der Waals surface area contributed by atoms with E-state index in [4.69, 9.17) is 14.2 Å². The zero-order valence-electron chi connectivity index (χ0n) is 18.2. The van der Waals surface area contributed by atoms with E-state index >= 15 is 0 Å². The van der Waals surface area contributed by atoms with Crippen LogP contribution in [0.25, 0.3) is 0 Å². The van der Waals surface area contributed by atoms with E-state index in [0.717, 1.165) is 25.9 Å². The first-order chi connectivity index (χ1) is 13.1. The summed E-state index contributed by atoms with van der Waals surface area (Å²) in [5.41, 5.74) is 0.954. The number of amides is 1. The first kappa shape index (κ1) is 21.6. The normalized spacial score (nSPS) is 40.1. The Morgan fingerprint density at radius 3 is 2.61 bits per heavy atom. The smallest absolute Gasteiger partial charge is 0.407 e. The number of epoxide rings is 2. The van der Waals surface area contributed by atoms with Crippen molar-refractivity contribution in [3.63, 3.8) is 0 Å². The molecule has 6 nitrogen and oxygen atoms in total. The first-order valence-corrected chi connectivity index (χ1v) is 10.7. The molecule has 2 aliphatic heterocycles. The number of nitrogens with one attached hydrogen (secondary N) is 1. The number of alkyl carbamates (subject to hydrolysis) is 1. The van der Waals surface area contributed by atoms with Crippen LogP contribution in [-0.4, -0.2) is 53.9 Å². The Kier molecular flexibility index (Phi) is 6.14. The molecule has 1 aliphatic carbocycles. The summed E-state index contributed by atoms with van der Waals surface area (Å²) in [5, 5.41) is 12.2. The van der Waals surface area contributed by atoms with Crippen LogP contribution in [0.2, 0.25) is 0 Å². The number of carbonyl (C=O) groups is 1. The molecule has 2 saturated heterocycles. The van der Waals surface area contributed by atoms with Gasteiger partial charge in [-0.15, -0.1) is 0 Å². The van der Waals surface area contributed by atoms with Crippen molar-refractivity contribution in [2.75, 3.05) is 13.2 Å². The Balaban J connectivity index is 1.65. The summed E-state index contributed by atoms with van der Waals surface area (Å²) in [7, 11) is 0. The number of ether oxygens (including phenoxy) is 3. The fraction of sp³-hybridized carbons (Fsp3) is 0.864. The molecule has 2 N–H and O–H groups in total. The predicted octanol–water partition coefficient (Wildman–Crippen LogP) is 3.43. The Morgan fingerprint density at radius 1 is 1.39 bits per heavy atom. The van der Waals surface area contributed by atoms with E-state index in [-0.39, 0.29) is 53.8 Å². The van der Waals surface area contributed by atoms with Crippen LogP contribution in [0, 0.1) is 17.8 Å². The molecule has 1 saturated carbocycles. The molecule has 0 bridgehead atoms. The van der Waals surface area contributed by atoms with Gasteiger partial charge in [0.05, 0.1) is 36.6 Å². The number of hydrogen-bond donors (Lipinski definition) is 2. The van der Waals surface area contributed by atoms with Gasteiger partial charge in [0.2, 0.25) is 0 Å². The number of hydrogen-bond acceptors (Lipinski definition) is 5. The number of aliphatic hydroxyl groups is 1. The van der Waals surface area contributed by atoms with Gasteiger partial charge < -0.3 is 24.6 Å². The molecule has 28 heavy (non-hydrogen) atoms. The van der Waals surface area contributed by atoms with Crippen LogP contribution < -0.4 is 5.32 Å². The number of rotatable bonds is 7. The van der Waals surface area contributed by atoms with Crippen LogP contribution in [0.5, 0.6) is 0 Å². The van der Waals surface area contributed by atoms with Gasteiger partial charge in [0, 0.05) is 11.8 Å². The molecule has 0 unspecified atom stereocenters. The molecule has 160 valence electrons. The molecule has 3 aliphatic rings. The maximum Gasteiger partial charge on any atom is 0.407 e. The van der Waals surface area contributed by atoms with Gasteiger partial charge in [-0.2, -0.15) is 0 Å². The Hall–Kier alpha value is -1.11.